The first-order valence-corrected chi connectivity index (χ1v) is 9.04. The van der Waals surface area contributed by atoms with Crippen LogP contribution in [-0.2, 0) is 10.3 Å². The van der Waals surface area contributed by atoms with Crippen LogP contribution in [0.3, 0.4) is 0 Å². The fourth-order valence-electron chi connectivity index (χ4n) is 4.41. The maximum absolute atomic E-state index is 11.7. The monoisotopic (exact) mass is 342 g/mol. The lowest BCUT2D eigenvalue weighted by atomic mass is 9.96. The lowest BCUT2D eigenvalue weighted by Gasteiger charge is -2.27. The Morgan fingerprint density at radius 1 is 1.40 bits per heavy atom. The minimum Gasteiger partial charge on any atom is -0.489 e. The molecule has 1 N–H and O–H groups in total. The highest BCUT2D eigenvalue weighted by atomic mass is 16.5. The average molecular weight is 342 g/mol. The summed E-state index contributed by atoms with van der Waals surface area (Å²) in [6.07, 6.45) is 8.28. The molecule has 0 amide bonds. The normalized spacial score (nSPS) is 31.4. The van der Waals surface area contributed by atoms with Gasteiger partial charge in [-0.1, -0.05) is 0 Å². The SMILES string of the molecule is C[C@@]12CC[C@@](n3cc4cc(C(=O)O)c(OC5CCC5)cc4n3)(CO1)C2. The molecule has 1 aliphatic heterocycles. The van der Waals surface area contributed by atoms with E-state index >= 15 is 0 Å². The topological polar surface area (TPSA) is 73.6 Å². The summed E-state index contributed by atoms with van der Waals surface area (Å²) in [7, 11) is 0. The summed E-state index contributed by atoms with van der Waals surface area (Å²) in [6, 6.07) is 3.48. The number of nitrogens with zero attached hydrogens (tertiary/aromatic N) is 2. The molecule has 2 aliphatic carbocycles. The fraction of sp³-hybridized carbons (Fsp3) is 0.579. The molecular weight excluding hydrogens is 320 g/mol. The van der Waals surface area contributed by atoms with Gasteiger partial charge in [0.15, 0.2) is 0 Å². The third kappa shape index (κ3) is 2.27. The molecule has 2 bridgehead atoms. The van der Waals surface area contributed by atoms with Crippen LogP contribution in [0.5, 0.6) is 5.75 Å². The molecule has 2 heterocycles. The molecule has 0 unspecified atom stereocenters. The van der Waals surface area contributed by atoms with Gasteiger partial charge in [0.1, 0.15) is 11.3 Å². The highest BCUT2D eigenvalue weighted by molar-refractivity contribution is 5.96. The van der Waals surface area contributed by atoms with Gasteiger partial charge in [-0.2, -0.15) is 5.10 Å². The number of aromatic carboxylic acids is 1. The number of benzene rings is 1. The molecular formula is C19H22N2O4. The molecule has 1 saturated heterocycles. The molecule has 0 radical (unpaired) electrons. The number of hydrogen-bond donors (Lipinski definition) is 1. The highest BCUT2D eigenvalue weighted by Gasteiger charge is 2.54. The van der Waals surface area contributed by atoms with Crippen molar-refractivity contribution in [3.05, 3.63) is 23.9 Å². The van der Waals surface area contributed by atoms with Crippen molar-refractivity contribution >= 4 is 16.9 Å². The first-order chi connectivity index (χ1) is 12.0. The lowest BCUT2D eigenvalue weighted by Crippen LogP contribution is -2.33. The Kier molecular flexibility index (Phi) is 3.02. The Morgan fingerprint density at radius 2 is 2.24 bits per heavy atom. The molecule has 25 heavy (non-hydrogen) atoms. The van der Waals surface area contributed by atoms with Crippen molar-refractivity contribution in [1.29, 1.82) is 0 Å². The number of rotatable bonds is 4. The third-order valence-corrected chi connectivity index (χ3v) is 6.18. The molecule has 2 atom stereocenters. The number of carboxylic acids is 1. The zero-order valence-electron chi connectivity index (χ0n) is 14.3. The fourth-order valence-corrected chi connectivity index (χ4v) is 4.41. The second-order valence-corrected chi connectivity index (χ2v) is 8.10. The third-order valence-electron chi connectivity index (χ3n) is 6.18. The molecule has 6 nitrogen and oxygen atoms in total. The summed E-state index contributed by atoms with van der Waals surface area (Å²) < 4.78 is 13.9. The van der Waals surface area contributed by atoms with E-state index in [-0.39, 0.29) is 22.8 Å². The minimum absolute atomic E-state index is 0.0388. The van der Waals surface area contributed by atoms with Crippen LogP contribution in [0, 0.1) is 0 Å². The summed E-state index contributed by atoms with van der Waals surface area (Å²) in [4.78, 5) is 11.7. The average Bonchev–Trinajstić information content (AvgIpc) is 3.19. The van der Waals surface area contributed by atoms with E-state index in [4.69, 9.17) is 14.6 Å². The van der Waals surface area contributed by atoms with E-state index < -0.39 is 5.97 Å². The van der Waals surface area contributed by atoms with Crippen molar-refractivity contribution < 1.29 is 19.4 Å². The van der Waals surface area contributed by atoms with Crippen LogP contribution in [0.25, 0.3) is 10.9 Å². The molecule has 3 fully saturated rings. The van der Waals surface area contributed by atoms with Crippen molar-refractivity contribution in [2.75, 3.05) is 6.61 Å². The van der Waals surface area contributed by atoms with E-state index in [2.05, 4.69) is 6.92 Å². The number of ether oxygens (including phenoxy) is 2. The maximum atomic E-state index is 11.7. The molecule has 5 rings (SSSR count). The van der Waals surface area contributed by atoms with Crippen molar-refractivity contribution in [3.63, 3.8) is 0 Å². The summed E-state index contributed by atoms with van der Waals surface area (Å²) in [6.45, 7) is 2.84. The number of carboxylic acid groups (broad SMARTS) is 1. The predicted molar refractivity (Wildman–Crippen MR) is 91.1 cm³/mol. The van der Waals surface area contributed by atoms with Gasteiger partial charge in [0.2, 0.25) is 0 Å². The van der Waals surface area contributed by atoms with Crippen molar-refractivity contribution in [3.8, 4) is 5.75 Å². The first kappa shape index (κ1) is 15.2. The Hall–Kier alpha value is -2.08. The van der Waals surface area contributed by atoms with Gasteiger partial charge >= 0.3 is 5.97 Å². The lowest BCUT2D eigenvalue weighted by molar-refractivity contribution is -0.0149. The number of aromatic nitrogens is 2. The summed E-state index contributed by atoms with van der Waals surface area (Å²) in [5.74, 6) is -0.522. The maximum Gasteiger partial charge on any atom is 0.339 e. The molecule has 2 saturated carbocycles. The second-order valence-electron chi connectivity index (χ2n) is 8.10. The molecule has 2 aromatic rings. The Balaban J connectivity index is 1.56. The Bertz CT molecular complexity index is 860. The van der Waals surface area contributed by atoms with Gasteiger partial charge in [0.25, 0.3) is 0 Å². The van der Waals surface area contributed by atoms with Gasteiger partial charge in [0.05, 0.1) is 29.4 Å². The van der Waals surface area contributed by atoms with Gasteiger partial charge in [-0.3, -0.25) is 4.68 Å². The Labute approximate surface area is 145 Å². The van der Waals surface area contributed by atoms with Crippen LogP contribution in [0.1, 0.15) is 55.8 Å². The van der Waals surface area contributed by atoms with Crippen molar-refractivity contribution in [1.82, 2.24) is 9.78 Å². The van der Waals surface area contributed by atoms with Gasteiger partial charge in [0, 0.05) is 24.1 Å². The summed E-state index contributed by atoms with van der Waals surface area (Å²) in [5, 5.41) is 15.2. The number of hydrogen-bond acceptors (Lipinski definition) is 4. The van der Waals surface area contributed by atoms with Crippen LogP contribution in [0.4, 0.5) is 0 Å². The minimum atomic E-state index is -0.959. The van der Waals surface area contributed by atoms with E-state index in [1.165, 1.54) is 0 Å². The van der Waals surface area contributed by atoms with Crippen molar-refractivity contribution in [2.24, 2.45) is 0 Å². The first-order valence-electron chi connectivity index (χ1n) is 9.04. The van der Waals surface area contributed by atoms with E-state index in [0.29, 0.717) is 12.4 Å². The molecule has 1 aromatic heterocycles. The molecule has 1 aromatic carbocycles. The predicted octanol–water partition coefficient (Wildman–Crippen LogP) is 3.33. The van der Waals surface area contributed by atoms with E-state index in [1.54, 1.807) is 12.1 Å². The Morgan fingerprint density at radius 3 is 2.80 bits per heavy atom. The largest absolute Gasteiger partial charge is 0.489 e. The summed E-state index contributed by atoms with van der Waals surface area (Å²) in [5.41, 5.74) is 0.874. The smallest absolute Gasteiger partial charge is 0.339 e. The molecule has 0 spiro atoms. The quantitative estimate of drug-likeness (QED) is 0.922. The molecule has 6 heteroatoms. The molecule has 3 aliphatic rings. The summed E-state index contributed by atoms with van der Waals surface area (Å²) >= 11 is 0. The van der Waals surface area contributed by atoms with Crippen LogP contribution in [0.2, 0.25) is 0 Å². The van der Waals surface area contributed by atoms with E-state index in [0.717, 1.165) is 49.4 Å². The van der Waals surface area contributed by atoms with Crippen LogP contribution in [-0.4, -0.2) is 39.2 Å². The zero-order chi connectivity index (χ0) is 17.2. The van der Waals surface area contributed by atoms with Gasteiger partial charge in [-0.05, 0) is 45.1 Å². The van der Waals surface area contributed by atoms with E-state index in [1.807, 2.05) is 10.9 Å². The van der Waals surface area contributed by atoms with Crippen LogP contribution < -0.4 is 4.74 Å². The number of fused-ring (bicyclic) bond motifs is 3. The van der Waals surface area contributed by atoms with Gasteiger partial charge in [-0.15, -0.1) is 0 Å². The van der Waals surface area contributed by atoms with Gasteiger partial charge < -0.3 is 14.6 Å². The second kappa shape index (κ2) is 4.97. The van der Waals surface area contributed by atoms with E-state index in [9.17, 15) is 9.90 Å². The number of carbonyl (C=O) groups is 1. The van der Waals surface area contributed by atoms with Crippen LogP contribution in [0.15, 0.2) is 18.3 Å². The molecule has 132 valence electrons. The van der Waals surface area contributed by atoms with Crippen LogP contribution >= 0.6 is 0 Å². The zero-order valence-corrected chi connectivity index (χ0v) is 14.3. The standard InChI is InChI=1S/C19H22N2O4/c1-18-5-6-19(10-18,11-24-18)21-9-12-7-14(17(22)23)16(8-15(12)20-21)25-13-3-2-4-13/h7-9,13H,2-6,10-11H2,1H3,(H,22,23)/t18-,19-/m0/s1. The van der Waals surface area contributed by atoms with Gasteiger partial charge in [-0.25, -0.2) is 4.79 Å². The highest BCUT2D eigenvalue weighted by Crippen LogP contribution is 2.51. The van der Waals surface area contributed by atoms with Crippen molar-refractivity contribution in [2.45, 2.75) is 62.7 Å².